The Balaban J connectivity index is 1.82. The number of nitrogens with zero attached hydrogens (tertiary/aromatic N) is 2. The van der Waals surface area contributed by atoms with Gasteiger partial charge in [0, 0.05) is 30.9 Å². The molecule has 1 aliphatic heterocycles. The van der Waals surface area contributed by atoms with E-state index >= 15 is 0 Å². The maximum absolute atomic E-state index is 13.9. The highest BCUT2D eigenvalue weighted by Gasteiger charge is 2.20. The summed E-state index contributed by atoms with van der Waals surface area (Å²) in [6.45, 7) is 1.95. The molecular weight excluding hydrogens is 261 g/mol. The topological polar surface area (TPSA) is 56.3 Å². The molecule has 0 radical (unpaired) electrons. The van der Waals surface area contributed by atoms with E-state index in [0.29, 0.717) is 30.3 Å². The molecule has 0 amide bonds. The Morgan fingerprint density at radius 2 is 2.30 bits per heavy atom. The lowest BCUT2D eigenvalue weighted by molar-refractivity contribution is 0.0254. The van der Waals surface area contributed by atoms with Crippen molar-refractivity contribution in [2.45, 2.75) is 6.10 Å². The summed E-state index contributed by atoms with van der Waals surface area (Å²) in [4.78, 5) is 7.78. The first-order valence-electron chi connectivity index (χ1n) is 6.38. The first-order valence-corrected chi connectivity index (χ1v) is 6.38. The van der Waals surface area contributed by atoms with E-state index in [1.807, 2.05) is 0 Å². The maximum Gasteiger partial charge on any atom is 0.222 e. The summed E-state index contributed by atoms with van der Waals surface area (Å²) in [5.74, 6) is 0.642. The van der Waals surface area contributed by atoms with Gasteiger partial charge in [-0.2, -0.15) is 0 Å². The molecule has 104 valence electrons. The monoisotopic (exact) mass is 275 g/mol. The Morgan fingerprint density at radius 3 is 3.05 bits per heavy atom. The summed E-state index contributed by atoms with van der Waals surface area (Å²) in [7, 11) is 0. The fourth-order valence-electron chi connectivity index (χ4n) is 2.06. The van der Waals surface area contributed by atoms with Crippen LogP contribution in [0.15, 0.2) is 36.8 Å². The number of hydrogen-bond acceptors (Lipinski definition) is 5. The van der Waals surface area contributed by atoms with E-state index in [1.54, 1.807) is 24.4 Å². The van der Waals surface area contributed by atoms with E-state index in [0.717, 1.165) is 6.54 Å². The zero-order chi connectivity index (χ0) is 13.8. The van der Waals surface area contributed by atoms with Crippen LogP contribution in [-0.2, 0) is 4.74 Å². The van der Waals surface area contributed by atoms with E-state index in [2.05, 4.69) is 15.3 Å². The average molecular weight is 275 g/mol. The quantitative estimate of drug-likeness (QED) is 0.929. The number of ether oxygens (including phenoxy) is 2. The van der Waals surface area contributed by atoms with Crippen LogP contribution in [0.25, 0.3) is 0 Å². The third-order valence-electron chi connectivity index (χ3n) is 3.02. The molecule has 1 saturated heterocycles. The molecule has 0 saturated carbocycles. The molecule has 3 rings (SSSR count). The Kier molecular flexibility index (Phi) is 3.85. The number of rotatable bonds is 3. The largest absolute Gasteiger partial charge is 0.439 e. The molecule has 0 bridgehead atoms. The Morgan fingerprint density at radius 1 is 1.35 bits per heavy atom. The van der Waals surface area contributed by atoms with Gasteiger partial charge in [-0.05, 0) is 18.2 Å². The third-order valence-corrected chi connectivity index (χ3v) is 3.02. The number of nitrogens with one attached hydrogen (secondary N) is 1. The highest BCUT2D eigenvalue weighted by molar-refractivity contribution is 5.34. The van der Waals surface area contributed by atoms with Gasteiger partial charge in [0.2, 0.25) is 5.88 Å². The molecule has 1 aliphatic rings. The number of halogens is 1. The second-order valence-corrected chi connectivity index (χ2v) is 4.40. The zero-order valence-corrected chi connectivity index (χ0v) is 10.8. The van der Waals surface area contributed by atoms with E-state index < -0.39 is 0 Å². The van der Waals surface area contributed by atoms with Gasteiger partial charge in [-0.1, -0.05) is 0 Å². The molecule has 5 nitrogen and oxygen atoms in total. The van der Waals surface area contributed by atoms with Crippen LogP contribution < -0.4 is 10.1 Å². The average Bonchev–Trinajstić information content (AvgIpc) is 2.51. The first-order chi connectivity index (χ1) is 9.83. The first kappa shape index (κ1) is 13.0. The number of aromatic nitrogens is 2. The fourth-order valence-corrected chi connectivity index (χ4v) is 2.06. The lowest BCUT2D eigenvalue weighted by atomic mass is 10.1. The molecule has 1 aromatic carbocycles. The van der Waals surface area contributed by atoms with Crippen molar-refractivity contribution in [3.05, 3.63) is 48.2 Å². The third kappa shape index (κ3) is 2.92. The molecule has 0 spiro atoms. The van der Waals surface area contributed by atoms with Gasteiger partial charge in [-0.3, -0.25) is 0 Å². The van der Waals surface area contributed by atoms with Gasteiger partial charge in [0.1, 0.15) is 17.9 Å². The van der Waals surface area contributed by atoms with Crippen molar-refractivity contribution in [1.29, 1.82) is 0 Å². The summed E-state index contributed by atoms with van der Waals surface area (Å²) < 4.78 is 25.0. The number of benzene rings is 1. The lowest BCUT2D eigenvalue weighted by Crippen LogP contribution is -2.33. The second-order valence-electron chi connectivity index (χ2n) is 4.40. The standard InChI is InChI=1S/C14H14FN3O2/c15-12-2-1-10(20-14-3-4-17-9-18-14)7-11(12)13-8-16-5-6-19-13/h1-4,7,9,13,16H,5-6,8H2/t13-/m1/s1. The predicted molar refractivity (Wildman–Crippen MR) is 70.1 cm³/mol. The van der Waals surface area contributed by atoms with Crippen molar-refractivity contribution in [3.63, 3.8) is 0 Å². The minimum atomic E-state index is -0.297. The smallest absolute Gasteiger partial charge is 0.222 e. The zero-order valence-electron chi connectivity index (χ0n) is 10.8. The molecule has 1 aromatic heterocycles. The van der Waals surface area contributed by atoms with Crippen molar-refractivity contribution in [2.75, 3.05) is 19.7 Å². The van der Waals surface area contributed by atoms with Gasteiger partial charge in [-0.15, -0.1) is 0 Å². The van der Waals surface area contributed by atoms with Gasteiger partial charge in [-0.25, -0.2) is 14.4 Å². The lowest BCUT2D eigenvalue weighted by Gasteiger charge is -2.24. The molecule has 1 atom stereocenters. The normalized spacial score (nSPS) is 18.8. The number of morpholine rings is 1. The SMILES string of the molecule is Fc1ccc(Oc2ccncn2)cc1[C@H]1CNCCO1. The van der Waals surface area contributed by atoms with Gasteiger partial charge >= 0.3 is 0 Å². The van der Waals surface area contributed by atoms with Crippen LogP contribution in [0, 0.1) is 5.82 Å². The van der Waals surface area contributed by atoms with Gasteiger partial charge < -0.3 is 14.8 Å². The summed E-state index contributed by atoms with van der Waals surface area (Å²) in [5, 5.41) is 3.18. The Hall–Kier alpha value is -2.05. The molecule has 2 heterocycles. The van der Waals surface area contributed by atoms with Gasteiger partial charge in [0.25, 0.3) is 0 Å². The molecular formula is C14H14FN3O2. The molecule has 20 heavy (non-hydrogen) atoms. The second kappa shape index (κ2) is 5.94. The minimum absolute atomic E-state index is 0.294. The van der Waals surface area contributed by atoms with E-state index in [-0.39, 0.29) is 11.9 Å². The van der Waals surface area contributed by atoms with Crippen molar-refractivity contribution in [1.82, 2.24) is 15.3 Å². The summed E-state index contributed by atoms with van der Waals surface area (Å²) in [6.07, 6.45) is 2.69. The molecule has 6 heteroatoms. The van der Waals surface area contributed by atoms with Crippen LogP contribution in [0.1, 0.15) is 11.7 Å². The highest BCUT2D eigenvalue weighted by atomic mass is 19.1. The fraction of sp³-hybridized carbons (Fsp3) is 0.286. The minimum Gasteiger partial charge on any atom is -0.439 e. The van der Waals surface area contributed by atoms with Gasteiger partial charge in [0.05, 0.1) is 12.7 Å². The van der Waals surface area contributed by atoms with E-state index in [4.69, 9.17) is 9.47 Å². The van der Waals surface area contributed by atoms with Crippen LogP contribution in [0.3, 0.4) is 0 Å². The molecule has 1 fully saturated rings. The van der Waals surface area contributed by atoms with Crippen molar-refractivity contribution < 1.29 is 13.9 Å². The van der Waals surface area contributed by atoms with Crippen molar-refractivity contribution >= 4 is 0 Å². The van der Waals surface area contributed by atoms with Gasteiger partial charge in [0.15, 0.2) is 0 Å². The van der Waals surface area contributed by atoms with Crippen LogP contribution in [0.5, 0.6) is 11.6 Å². The van der Waals surface area contributed by atoms with Crippen LogP contribution in [-0.4, -0.2) is 29.7 Å². The molecule has 0 unspecified atom stereocenters. The summed E-state index contributed by atoms with van der Waals surface area (Å²) in [6, 6.07) is 6.23. The van der Waals surface area contributed by atoms with E-state index in [1.165, 1.54) is 12.4 Å². The molecule has 0 aliphatic carbocycles. The predicted octanol–water partition coefficient (Wildman–Crippen LogP) is 2.07. The Labute approximate surface area is 115 Å². The van der Waals surface area contributed by atoms with Crippen LogP contribution in [0.4, 0.5) is 4.39 Å². The van der Waals surface area contributed by atoms with Crippen LogP contribution in [0.2, 0.25) is 0 Å². The van der Waals surface area contributed by atoms with E-state index in [9.17, 15) is 4.39 Å². The molecule has 1 N–H and O–H groups in total. The highest BCUT2D eigenvalue weighted by Crippen LogP contribution is 2.28. The summed E-state index contributed by atoms with van der Waals surface area (Å²) in [5.41, 5.74) is 0.490. The van der Waals surface area contributed by atoms with Crippen molar-refractivity contribution in [2.24, 2.45) is 0 Å². The van der Waals surface area contributed by atoms with Crippen LogP contribution >= 0.6 is 0 Å². The van der Waals surface area contributed by atoms with Crippen molar-refractivity contribution in [3.8, 4) is 11.6 Å². The Bertz CT molecular complexity index is 574. The summed E-state index contributed by atoms with van der Waals surface area (Å²) >= 11 is 0. The maximum atomic E-state index is 13.9. The number of hydrogen-bond donors (Lipinski definition) is 1. The molecule has 2 aromatic rings.